The standard InChI is InChI=1S/C7H6FNO2/c8-5-2-1-3-9-6(5)4-7(10)11/h1-3H,4H2,(H,10,11). The van der Waals surface area contributed by atoms with Crippen LogP contribution in [0.5, 0.6) is 0 Å². The first-order valence-electron chi connectivity index (χ1n) is 3.01. The first kappa shape index (κ1) is 7.65. The second-order valence-electron chi connectivity index (χ2n) is 2.00. The molecule has 0 bridgehead atoms. The molecule has 11 heavy (non-hydrogen) atoms. The normalized spacial score (nSPS) is 9.55. The van der Waals surface area contributed by atoms with Crippen LogP contribution in [-0.4, -0.2) is 16.1 Å². The fraction of sp³-hybridized carbons (Fsp3) is 0.143. The van der Waals surface area contributed by atoms with E-state index in [0.29, 0.717) is 0 Å². The Bertz CT molecular complexity index is 275. The summed E-state index contributed by atoms with van der Waals surface area (Å²) in [6.45, 7) is 0. The highest BCUT2D eigenvalue weighted by Crippen LogP contribution is 2.02. The van der Waals surface area contributed by atoms with E-state index in [1.165, 1.54) is 18.3 Å². The highest BCUT2D eigenvalue weighted by Gasteiger charge is 2.05. The topological polar surface area (TPSA) is 50.2 Å². The third-order valence-electron chi connectivity index (χ3n) is 1.15. The van der Waals surface area contributed by atoms with E-state index < -0.39 is 11.8 Å². The molecular weight excluding hydrogens is 149 g/mol. The molecule has 3 nitrogen and oxygen atoms in total. The minimum atomic E-state index is -1.08. The van der Waals surface area contributed by atoms with Crippen molar-refractivity contribution >= 4 is 5.97 Å². The lowest BCUT2D eigenvalue weighted by Gasteiger charge is -1.95. The molecule has 0 atom stereocenters. The molecule has 1 heterocycles. The summed E-state index contributed by atoms with van der Waals surface area (Å²) in [5.41, 5.74) is -0.0278. The fourth-order valence-corrected chi connectivity index (χ4v) is 0.692. The van der Waals surface area contributed by atoms with Crippen molar-refractivity contribution in [2.45, 2.75) is 6.42 Å². The second kappa shape index (κ2) is 3.09. The smallest absolute Gasteiger partial charge is 0.309 e. The summed E-state index contributed by atoms with van der Waals surface area (Å²) in [7, 11) is 0. The van der Waals surface area contributed by atoms with Gasteiger partial charge in [0.15, 0.2) is 0 Å². The molecule has 0 saturated heterocycles. The van der Waals surface area contributed by atoms with Crippen LogP contribution in [0.3, 0.4) is 0 Å². The average Bonchev–Trinajstić information content (AvgIpc) is 1.93. The molecule has 1 rings (SSSR count). The molecule has 0 fully saturated rings. The molecule has 0 amide bonds. The molecule has 0 aliphatic heterocycles. The van der Waals surface area contributed by atoms with Gasteiger partial charge in [0, 0.05) is 6.20 Å². The Balaban J connectivity index is 2.86. The lowest BCUT2D eigenvalue weighted by molar-refractivity contribution is -0.136. The van der Waals surface area contributed by atoms with Gasteiger partial charge in [-0.3, -0.25) is 9.78 Å². The Kier molecular flexibility index (Phi) is 2.15. The van der Waals surface area contributed by atoms with Gasteiger partial charge in [0.2, 0.25) is 0 Å². The maximum absolute atomic E-state index is 12.6. The van der Waals surface area contributed by atoms with Crippen LogP contribution in [0, 0.1) is 5.82 Å². The summed E-state index contributed by atoms with van der Waals surface area (Å²) in [6, 6.07) is 2.60. The number of hydrogen-bond acceptors (Lipinski definition) is 2. The van der Waals surface area contributed by atoms with E-state index in [1.54, 1.807) is 0 Å². The number of nitrogens with zero attached hydrogens (tertiary/aromatic N) is 1. The molecule has 1 aromatic heterocycles. The van der Waals surface area contributed by atoms with Crippen LogP contribution in [-0.2, 0) is 11.2 Å². The number of carboxylic acids is 1. The molecule has 4 heteroatoms. The van der Waals surface area contributed by atoms with E-state index in [1.807, 2.05) is 0 Å². The maximum atomic E-state index is 12.6. The van der Waals surface area contributed by atoms with Gasteiger partial charge >= 0.3 is 5.97 Å². The molecule has 0 aliphatic carbocycles. The van der Waals surface area contributed by atoms with Crippen LogP contribution < -0.4 is 0 Å². The maximum Gasteiger partial charge on any atom is 0.309 e. The van der Waals surface area contributed by atoms with Crippen molar-refractivity contribution in [3.05, 3.63) is 29.8 Å². The van der Waals surface area contributed by atoms with Gasteiger partial charge in [0.05, 0.1) is 12.1 Å². The number of aliphatic carboxylic acids is 1. The van der Waals surface area contributed by atoms with Crippen molar-refractivity contribution in [1.29, 1.82) is 0 Å². The third-order valence-corrected chi connectivity index (χ3v) is 1.15. The van der Waals surface area contributed by atoms with Gasteiger partial charge in [-0.2, -0.15) is 0 Å². The van der Waals surface area contributed by atoms with Gasteiger partial charge in [-0.05, 0) is 12.1 Å². The molecule has 58 valence electrons. The number of halogens is 1. The number of aromatic nitrogens is 1. The van der Waals surface area contributed by atoms with Gasteiger partial charge in [-0.1, -0.05) is 0 Å². The van der Waals surface area contributed by atoms with Gasteiger partial charge in [0.1, 0.15) is 5.82 Å². The Morgan fingerprint density at radius 1 is 1.73 bits per heavy atom. The van der Waals surface area contributed by atoms with Gasteiger partial charge in [-0.25, -0.2) is 4.39 Å². The van der Waals surface area contributed by atoms with E-state index in [2.05, 4.69) is 4.98 Å². The highest BCUT2D eigenvalue weighted by molar-refractivity contribution is 5.69. The Morgan fingerprint density at radius 3 is 3.00 bits per heavy atom. The average molecular weight is 155 g/mol. The molecule has 0 aromatic carbocycles. The Morgan fingerprint density at radius 2 is 2.45 bits per heavy atom. The van der Waals surface area contributed by atoms with Gasteiger partial charge in [-0.15, -0.1) is 0 Å². The third kappa shape index (κ3) is 2.00. The summed E-state index contributed by atoms with van der Waals surface area (Å²) in [4.78, 5) is 13.7. The highest BCUT2D eigenvalue weighted by atomic mass is 19.1. The zero-order valence-corrected chi connectivity index (χ0v) is 5.62. The van der Waals surface area contributed by atoms with Crippen LogP contribution in [0.4, 0.5) is 4.39 Å². The lowest BCUT2D eigenvalue weighted by Crippen LogP contribution is -2.04. The fourth-order valence-electron chi connectivity index (χ4n) is 0.692. The molecule has 0 saturated carbocycles. The first-order valence-corrected chi connectivity index (χ1v) is 3.01. The number of hydrogen-bond donors (Lipinski definition) is 1. The Hall–Kier alpha value is -1.45. The van der Waals surface area contributed by atoms with Crippen molar-refractivity contribution in [3.8, 4) is 0 Å². The van der Waals surface area contributed by atoms with E-state index >= 15 is 0 Å². The van der Waals surface area contributed by atoms with E-state index in [0.717, 1.165) is 0 Å². The van der Waals surface area contributed by atoms with Crippen molar-refractivity contribution in [3.63, 3.8) is 0 Å². The molecule has 0 aliphatic rings. The molecule has 0 spiro atoms. The molecule has 1 N–H and O–H groups in total. The predicted molar refractivity (Wildman–Crippen MR) is 35.5 cm³/mol. The monoisotopic (exact) mass is 155 g/mol. The van der Waals surface area contributed by atoms with Gasteiger partial charge in [0.25, 0.3) is 0 Å². The summed E-state index contributed by atoms with van der Waals surface area (Å²) in [5, 5.41) is 8.28. The number of carbonyl (C=O) groups is 1. The van der Waals surface area contributed by atoms with E-state index in [9.17, 15) is 9.18 Å². The van der Waals surface area contributed by atoms with Crippen LogP contribution in [0.15, 0.2) is 18.3 Å². The van der Waals surface area contributed by atoms with Crippen LogP contribution in [0.2, 0.25) is 0 Å². The first-order chi connectivity index (χ1) is 5.20. The molecule has 0 radical (unpaired) electrons. The largest absolute Gasteiger partial charge is 0.481 e. The zero-order chi connectivity index (χ0) is 8.27. The van der Waals surface area contributed by atoms with Crippen molar-refractivity contribution in [2.75, 3.05) is 0 Å². The molecular formula is C7H6FNO2. The number of rotatable bonds is 2. The van der Waals surface area contributed by atoms with Crippen molar-refractivity contribution in [1.82, 2.24) is 4.98 Å². The minimum Gasteiger partial charge on any atom is -0.481 e. The van der Waals surface area contributed by atoms with Crippen LogP contribution in [0.25, 0.3) is 0 Å². The van der Waals surface area contributed by atoms with Crippen LogP contribution >= 0.6 is 0 Å². The van der Waals surface area contributed by atoms with Crippen LogP contribution in [0.1, 0.15) is 5.69 Å². The van der Waals surface area contributed by atoms with E-state index in [-0.39, 0.29) is 12.1 Å². The molecule has 1 aromatic rings. The summed E-state index contributed by atoms with van der Waals surface area (Å²) in [6.07, 6.45) is 0.994. The van der Waals surface area contributed by atoms with Gasteiger partial charge < -0.3 is 5.11 Å². The second-order valence-corrected chi connectivity index (χ2v) is 2.00. The quantitative estimate of drug-likeness (QED) is 0.688. The van der Waals surface area contributed by atoms with Crippen molar-refractivity contribution in [2.24, 2.45) is 0 Å². The SMILES string of the molecule is O=C(O)Cc1ncccc1F. The van der Waals surface area contributed by atoms with E-state index in [4.69, 9.17) is 5.11 Å². The predicted octanol–water partition coefficient (Wildman–Crippen LogP) is 0.848. The van der Waals surface area contributed by atoms with Crippen molar-refractivity contribution < 1.29 is 14.3 Å². The Labute approximate surface area is 62.5 Å². The summed E-state index contributed by atoms with van der Waals surface area (Å²) < 4.78 is 12.6. The number of carboxylic acid groups (broad SMARTS) is 1. The number of pyridine rings is 1. The minimum absolute atomic E-state index is 0.0278. The molecule has 0 unspecified atom stereocenters. The summed E-state index contributed by atoms with van der Waals surface area (Å²) >= 11 is 0. The lowest BCUT2D eigenvalue weighted by atomic mass is 10.2. The summed E-state index contributed by atoms with van der Waals surface area (Å²) in [5.74, 6) is -1.66. The zero-order valence-electron chi connectivity index (χ0n) is 5.62.